The predicted molar refractivity (Wildman–Crippen MR) is 130 cm³/mol. The highest BCUT2D eigenvalue weighted by atomic mass is 35.5. The Hall–Kier alpha value is -3.74. The molecule has 1 fully saturated rings. The highest BCUT2D eigenvalue weighted by molar-refractivity contribution is 6.34. The van der Waals surface area contributed by atoms with Crippen molar-refractivity contribution in [3.8, 4) is 17.2 Å². The van der Waals surface area contributed by atoms with Crippen LogP contribution >= 0.6 is 11.6 Å². The van der Waals surface area contributed by atoms with E-state index >= 15 is 4.39 Å². The van der Waals surface area contributed by atoms with Gasteiger partial charge in [0, 0.05) is 29.8 Å². The summed E-state index contributed by atoms with van der Waals surface area (Å²) >= 11 is 6.07. The summed E-state index contributed by atoms with van der Waals surface area (Å²) in [5.41, 5.74) is -0.159. The molecule has 194 valence electrons. The number of alkyl halides is 2. The second-order valence-corrected chi connectivity index (χ2v) is 8.60. The normalized spacial score (nSPS) is 12.9. The average molecular weight is 539 g/mol. The maximum atomic E-state index is 15.1. The molecule has 1 aromatic heterocycles. The highest BCUT2D eigenvalue weighted by Gasteiger charge is 2.30. The van der Waals surface area contributed by atoms with Crippen molar-refractivity contribution >= 4 is 48.1 Å². The van der Waals surface area contributed by atoms with E-state index in [0.29, 0.717) is 0 Å². The lowest BCUT2D eigenvalue weighted by molar-refractivity contribution is 0.0889. The molecule has 2 N–H and O–H groups in total. The number of amides is 3. The molecule has 0 unspecified atom stereocenters. The summed E-state index contributed by atoms with van der Waals surface area (Å²) < 4.78 is 65.8. The molecule has 3 amide bonds. The first kappa shape index (κ1) is 26.3. The Morgan fingerprint density at radius 1 is 1.24 bits per heavy atom. The zero-order valence-corrected chi connectivity index (χ0v) is 20.3. The molecule has 1 aliphatic rings. The van der Waals surface area contributed by atoms with Crippen LogP contribution in [0.3, 0.4) is 0 Å². The number of benzene rings is 2. The quantitative estimate of drug-likeness (QED) is 0.250. The van der Waals surface area contributed by atoms with E-state index in [-0.39, 0.29) is 39.7 Å². The van der Waals surface area contributed by atoms with Crippen molar-refractivity contribution in [2.24, 2.45) is 0 Å². The van der Waals surface area contributed by atoms with Gasteiger partial charge in [0.2, 0.25) is 7.98 Å². The van der Waals surface area contributed by atoms with Gasteiger partial charge in [-0.15, -0.1) is 0 Å². The first-order valence-corrected chi connectivity index (χ1v) is 11.4. The van der Waals surface area contributed by atoms with Gasteiger partial charge in [-0.1, -0.05) is 11.6 Å². The highest BCUT2D eigenvalue weighted by Crippen LogP contribution is 2.39. The van der Waals surface area contributed by atoms with Crippen LogP contribution in [-0.4, -0.2) is 55.8 Å². The fourth-order valence-electron chi connectivity index (χ4n) is 3.55. The van der Waals surface area contributed by atoms with Crippen LogP contribution in [0.25, 0.3) is 10.9 Å². The number of carbonyl (C=O) groups excluding carboxylic acids is 2. The summed E-state index contributed by atoms with van der Waals surface area (Å²) in [4.78, 5) is 30.3. The Morgan fingerprint density at radius 3 is 2.62 bits per heavy atom. The number of nitrogens with zero attached hydrogens (tertiary/aromatic N) is 2. The molecule has 0 aliphatic heterocycles. The smallest absolute Gasteiger partial charge is 0.309 e. The van der Waals surface area contributed by atoms with Gasteiger partial charge in [0.15, 0.2) is 17.4 Å². The second kappa shape index (κ2) is 10.7. The van der Waals surface area contributed by atoms with Crippen LogP contribution in [0.15, 0.2) is 30.5 Å². The number of hydrogen-bond donors (Lipinski definition) is 2. The first-order valence-electron chi connectivity index (χ1n) is 11.0. The van der Waals surface area contributed by atoms with E-state index in [9.17, 15) is 22.8 Å². The number of carbonyl (C=O) groups is 2. The number of methoxy groups -OCH3 is 1. The van der Waals surface area contributed by atoms with Gasteiger partial charge in [-0.2, -0.15) is 0 Å². The summed E-state index contributed by atoms with van der Waals surface area (Å²) in [6, 6.07) is 4.23. The second-order valence-electron chi connectivity index (χ2n) is 8.22. The van der Waals surface area contributed by atoms with E-state index in [2.05, 4.69) is 15.6 Å². The number of fused-ring (bicyclic) bond motifs is 1. The van der Waals surface area contributed by atoms with Crippen molar-refractivity contribution in [2.45, 2.75) is 25.3 Å². The standard InChI is InChI=1S/C23H20BClF4N4O4/c1-36-17-8-14-11(6-12(17)22(34)31-9-18(27)28)16(4-5-30-14)37-21-13(26)7-15(19(25)20(21)29)32-23(35)33(24)10-2-3-10/h4-8,10,18H,2-3,9,24H2,1H3,(H,31,34)(H,32,35). The molecule has 14 heteroatoms. The number of hydrogen-bond acceptors (Lipinski definition) is 5. The molecule has 0 atom stereocenters. The number of rotatable bonds is 8. The Kier molecular flexibility index (Phi) is 7.62. The van der Waals surface area contributed by atoms with E-state index in [4.69, 9.17) is 21.1 Å². The third kappa shape index (κ3) is 5.66. The minimum atomic E-state index is -2.77. The molecular formula is C23H20BClF4N4O4. The number of anilines is 1. The molecule has 0 bridgehead atoms. The molecule has 4 rings (SSSR count). The van der Waals surface area contributed by atoms with E-state index in [0.717, 1.165) is 18.9 Å². The third-order valence-corrected chi connectivity index (χ3v) is 6.04. The Bertz CT molecular complexity index is 1380. The largest absolute Gasteiger partial charge is 0.496 e. The lowest BCUT2D eigenvalue weighted by Gasteiger charge is -2.19. The van der Waals surface area contributed by atoms with Crippen LogP contribution in [0.4, 0.5) is 28.0 Å². The van der Waals surface area contributed by atoms with Crippen molar-refractivity contribution < 1.29 is 36.6 Å². The number of halogens is 5. The van der Waals surface area contributed by atoms with Crippen molar-refractivity contribution in [3.63, 3.8) is 0 Å². The number of urea groups is 1. The number of nitrogens with one attached hydrogen (secondary N) is 2. The molecule has 2 aromatic carbocycles. The van der Waals surface area contributed by atoms with Crippen molar-refractivity contribution in [1.82, 2.24) is 15.1 Å². The number of aromatic nitrogens is 1. The molecule has 37 heavy (non-hydrogen) atoms. The molecule has 1 saturated carbocycles. The van der Waals surface area contributed by atoms with Crippen LogP contribution in [-0.2, 0) is 0 Å². The van der Waals surface area contributed by atoms with Gasteiger partial charge < -0.3 is 24.9 Å². The Morgan fingerprint density at radius 2 is 1.97 bits per heavy atom. The third-order valence-electron chi connectivity index (χ3n) is 5.67. The van der Waals surface area contributed by atoms with Gasteiger partial charge in [0.1, 0.15) is 16.5 Å². The molecule has 1 heterocycles. The molecule has 1 aliphatic carbocycles. The van der Waals surface area contributed by atoms with Crippen molar-refractivity contribution in [3.05, 3.63) is 52.7 Å². The topological polar surface area (TPSA) is 92.8 Å². The zero-order valence-electron chi connectivity index (χ0n) is 19.6. The first-order chi connectivity index (χ1) is 17.6. The Balaban J connectivity index is 1.68. The van der Waals surface area contributed by atoms with E-state index in [1.54, 1.807) is 7.98 Å². The summed E-state index contributed by atoms with van der Waals surface area (Å²) in [5.74, 6) is -4.19. The lowest BCUT2D eigenvalue weighted by Crippen LogP contribution is -2.34. The molecule has 0 spiro atoms. The SMILES string of the molecule is BN(C(=O)Nc1cc(F)c(Oc2ccnc3cc(OC)c(C(=O)NCC(F)F)cc23)c(F)c1Cl)C1CC1. The van der Waals surface area contributed by atoms with Gasteiger partial charge in [0.05, 0.1) is 30.4 Å². The monoisotopic (exact) mass is 538 g/mol. The molecule has 3 aromatic rings. The average Bonchev–Trinajstić information content (AvgIpc) is 3.72. The van der Waals surface area contributed by atoms with Crippen LogP contribution in [0.5, 0.6) is 17.2 Å². The maximum Gasteiger partial charge on any atom is 0.309 e. The Labute approximate surface area is 214 Å². The van der Waals surface area contributed by atoms with Crippen molar-refractivity contribution in [2.75, 3.05) is 19.0 Å². The lowest BCUT2D eigenvalue weighted by atomic mass is 10.1. The summed E-state index contributed by atoms with van der Waals surface area (Å²) in [6.07, 6.45) is 0.213. The van der Waals surface area contributed by atoms with E-state index in [1.807, 2.05) is 0 Å². The maximum absolute atomic E-state index is 15.1. The molecule has 8 nitrogen and oxygen atoms in total. The fraction of sp³-hybridized carbons (Fsp3) is 0.261. The minimum absolute atomic E-state index is 0.0422. The molecule has 0 radical (unpaired) electrons. The van der Waals surface area contributed by atoms with Gasteiger partial charge in [-0.3, -0.25) is 9.78 Å². The minimum Gasteiger partial charge on any atom is -0.496 e. The fourth-order valence-corrected chi connectivity index (χ4v) is 3.74. The van der Waals surface area contributed by atoms with Crippen LogP contribution in [0.2, 0.25) is 5.02 Å². The van der Waals surface area contributed by atoms with Crippen LogP contribution in [0.1, 0.15) is 23.2 Å². The molecular weight excluding hydrogens is 519 g/mol. The van der Waals surface area contributed by atoms with Crippen LogP contribution < -0.4 is 20.1 Å². The molecule has 0 saturated heterocycles. The summed E-state index contributed by atoms with van der Waals surface area (Å²) in [5, 5.41) is 4.03. The summed E-state index contributed by atoms with van der Waals surface area (Å²) in [6.45, 7) is -0.884. The van der Waals surface area contributed by atoms with E-state index < -0.39 is 47.3 Å². The zero-order chi connectivity index (χ0) is 26.9. The van der Waals surface area contributed by atoms with Gasteiger partial charge in [-0.05, 0) is 25.0 Å². The van der Waals surface area contributed by atoms with Crippen molar-refractivity contribution in [1.29, 1.82) is 0 Å². The van der Waals surface area contributed by atoms with Gasteiger partial charge in [0.25, 0.3) is 12.3 Å². The number of ether oxygens (including phenoxy) is 2. The van der Waals surface area contributed by atoms with Gasteiger partial charge in [-0.25, -0.2) is 22.4 Å². The van der Waals surface area contributed by atoms with Gasteiger partial charge >= 0.3 is 6.03 Å². The summed E-state index contributed by atoms with van der Waals surface area (Å²) in [7, 11) is 2.84. The van der Waals surface area contributed by atoms with E-state index in [1.165, 1.54) is 36.3 Å². The van der Waals surface area contributed by atoms with Crippen LogP contribution in [0, 0.1) is 11.6 Å². The number of pyridine rings is 1. The predicted octanol–water partition coefficient (Wildman–Crippen LogP) is 4.51.